The fourth-order valence-corrected chi connectivity index (χ4v) is 2.29. The third-order valence-corrected chi connectivity index (χ3v) is 3.57. The molecule has 144 valence electrons. The van der Waals surface area contributed by atoms with E-state index in [-0.39, 0.29) is 28.3 Å². The average molecular weight is 385 g/mol. The lowest BCUT2D eigenvalue weighted by Crippen LogP contribution is -2.21. The Morgan fingerprint density at radius 1 is 1.21 bits per heavy atom. The number of nitro groups is 1. The van der Waals surface area contributed by atoms with Gasteiger partial charge in [-0.15, -0.1) is 0 Å². The average Bonchev–Trinajstić information content (AvgIpc) is 2.71. The Labute approximate surface area is 159 Å². The van der Waals surface area contributed by atoms with Crippen molar-refractivity contribution >= 4 is 23.3 Å². The van der Waals surface area contributed by atoms with Crippen LogP contribution in [0.5, 0.6) is 11.5 Å². The second-order valence-electron chi connectivity index (χ2n) is 5.26. The minimum Gasteiger partial charge on any atom is -0.493 e. The third kappa shape index (κ3) is 4.53. The van der Waals surface area contributed by atoms with E-state index in [0.29, 0.717) is 5.75 Å². The number of nitro benzene ring substituents is 1. The first-order chi connectivity index (χ1) is 13.4. The second kappa shape index (κ2) is 9.00. The zero-order valence-corrected chi connectivity index (χ0v) is 14.9. The Morgan fingerprint density at radius 3 is 2.57 bits per heavy atom. The first-order valence-corrected chi connectivity index (χ1v) is 7.77. The van der Waals surface area contributed by atoms with Gasteiger partial charge in [-0.05, 0) is 18.2 Å². The second-order valence-corrected chi connectivity index (χ2v) is 5.26. The number of nitrogens with zero attached hydrogens (tertiary/aromatic N) is 2. The Hall–Kier alpha value is -4.13. The van der Waals surface area contributed by atoms with Gasteiger partial charge in [0, 0.05) is 12.1 Å². The van der Waals surface area contributed by atoms with E-state index in [1.165, 1.54) is 26.4 Å². The SMILES string of the molecule is COc1cccc(C(=O)OCC(=O)Nc2ccc([N+](=O)[O-])cc2C#N)c1OC. The summed E-state index contributed by atoms with van der Waals surface area (Å²) < 4.78 is 15.2. The molecular weight excluding hydrogens is 370 g/mol. The monoisotopic (exact) mass is 385 g/mol. The Kier molecular flexibility index (Phi) is 6.49. The molecule has 0 atom stereocenters. The number of ether oxygens (including phenoxy) is 3. The fourth-order valence-electron chi connectivity index (χ4n) is 2.29. The van der Waals surface area contributed by atoms with Gasteiger partial charge in [0.05, 0.1) is 30.4 Å². The molecule has 0 saturated heterocycles. The van der Waals surface area contributed by atoms with E-state index in [9.17, 15) is 19.7 Å². The van der Waals surface area contributed by atoms with E-state index < -0.39 is 23.4 Å². The molecule has 2 rings (SSSR count). The predicted octanol–water partition coefficient (Wildman–Crippen LogP) is 2.28. The molecule has 0 radical (unpaired) electrons. The van der Waals surface area contributed by atoms with Crippen molar-refractivity contribution in [2.24, 2.45) is 0 Å². The predicted molar refractivity (Wildman–Crippen MR) is 96.3 cm³/mol. The summed E-state index contributed by atoms with van der Waals surface area (Å²) in [6.45, 7) is -0.638. The molecule has 0 aliphatic carbocycles. The van der Waals surface area contributed by atoms with Crippen LogP contribution in [0.25, 0.3) is 0 Å². The molecule has 0 spiro atoms. The minimum atomic E-state index is -0.810. The van der Waals surface area contributed by atoms with Crippen molar-refractivity contribution in [1.29, 1.82) is 5.26 Å². The maximum Gasteiger partial charge on any atom is 0.342 e. The maximum absolute atomic E-state index is 12.2. The molecule has 0 aromatic heterocycles. The van der Waals surface area contributed by atoms with Gasteiger partial charge in [0.1, 0.15) is 11.6 Å². The van der Waals surface area contributed by atoms with Gasteiger partial charge in [-0.2, -0.15) is 5.26 Å². The van der Waals surface area contributed by atoms with Crippen molar-refractivity contribution in [2.75, 3.05) is 26.1 Å². The summed E-state index contributed by atoms with van der Waals surface area (Å²) in [5.41, 5.74) is -0.245. The minimum absolute atomic E-state index is 0.0631. The molecule has 0 heterocycles. The molecule has 0 bridgehead atoms. The van der Waals surface area contributed by atoms with Gasteiger partial charge in [0.15, 0.2) is 18.1 Å². The van der Waals surface area contributed by atoms with Gasteiger partial charge in [-0.3, -0.25) is 14.9 Å². The lowest BCUT2D eigenvalue weighted by atomic mass is 10.1. The van der Waals surface area contributed by atoms with E-state index in [2.05, 4.69) is 5.32 Å². The highest BCUT2D eigenvalue weighted by atomic mass is 16.6. The number of methoxy groups -OCH3 is 2. The number of nitrogens with one attached hydrogen (secondary N) is 1. The summed E-state index contributed by atoms with van der Waals surface area (Å²) in [7, 11) is 2.77. The molecule has 0 aliphatic heterocycles. The first kappa shape index (κ1) is 20.2. The van der Waals surface area contributed by atoms with Crippen molar-refractivity contribution in [2.45, 2.75) is 0 Å². The van der Waals surface area contributed by atoms with Crippen LogP contribution in [-0.4, -0.2) is 37.6 Å². The number of rotatable bonds is 7. The molecule has 2 aromatic rings. The molecule has 10 heteroatoms. The number of amides is 1. The van der Waals surface area contributed by atoms with Crippen molar-refractivity contribution < 1.29 is 28.7 Å². The highest BCUT2D eigenvalue weighted by Crippen LogP contribution is 2.31. The van der Waals surface area contributed by atoms with Crippen molar-refractivity contribution in [1.82, 2.24) is 0 Å². The van der Waals surface area contributed by atoms with Crippen LogP contribution in [0.4, 0.5) is 11.4 Å². The molecule has 0 unspecified atom stereocenters. The van der Waals surface area contributed by atoms with Crippen molar-refractivity contribution in [3.05, 3.63) is 57.6 Å². The normalized spacial score (nSPS) is 9.75. The van der Waals surface area contributed by atoms with Gasteiger partial charge in [0.2, 0.25) is 0 Å². The summed E-state index contributed by atoms with van der Waals surface area (Å²) >= 11 is 0. The van der Waals surface area contributed by atoms with Crippen LogP contribution >= 0.6 is 0 Å². The van der Waals surface area contributed by atoms with Gasteiger partial charge < -0.3 is 19.5 Å². The number of benzene rings is 2. The number of carbonyl (C=O) groups is 2. The van der Waals surface area contributed by atoms with Crippen LogP contribution in [0.1, 0.15) is 15.9 Å². The van der Waals surface area contributed by atoms with Crippen molar-refractivity contribution in [3.8, 4) is 17.6 Å². The number of anilines is 1. The van der Waals surface area contributed by atoms with Gasteiger partial charge in [-0.25, -0.2) is 4.79 Å². The van der Waals surface area contributed by atoms with E-state index in [4.69, 9.17) is 19.5 Å². The third-order valence-electron chi connectivity index (χ3n) is 3.57. The van der Waals surface area contributed by atoms with Crippen molar-refractivity contribution in [3.63, 3.8) is 0 Å². The maximum atomic E-state index is 12.2. The molecular formula is C18H15N3O7. The van der Waals surface area contributed by atoms with Gasteiger partial charge >= 0.3 is 5.97 Å². The highest BCUT2D eigenvalue weighted by molar-refractivity contribution is 5.97. The number of hydrogen-bond acceptors (Lipinski definition) is 8. The summed E-state index contributed by atoms with van der Waals surface area (Å²) in [6, 6.07) is 9.77. The first-order valence-electron chi connectivity index (χ1n) is 7.77. The summed E-state index contributed by atoms with van der Waals surface area (Å²) in [6.07, 6.45) is 0. The number of nitriles is 1. The standard InChI is InChI=1S/C18H15N3O7/c1-26-15-5-3-4-13(17(15)27-2)18(23)28-10-16(22)20-14-7-6-12(21(24)25)8-11(14)9-19/h3-8H,10H2,1-2H3,(H,20,22). The zero-order valence-electron chi connectivity index (χ0n) is 14.9. The topological polar surface area (TPSA) is 141 Å². The van der Waals surface area contributed by atoms with E-state index in [1.807, 2.05) is 0 Å². The number of para-hydroxylation sites is 1. The Bertz CT molecular complexity index is 966. The molecule has 0 saturated carbocycles. The lowest BCUT2D eigenvalue weighted by Gasteiger charge is -2.12. The van der Waals surface area contributed by atoms with Crippen LogP contribution in [0, 0.1) is 21.4 Å². The molecule has 10 nitrogen and oxygen atoms in total. The zero-order chi connectivity index (χ0) is 20.7. The van der Waals surface area contributed by atoms with Crippen LogP contribution in [0.3, 0.4) is 0 Å². The summed E-state index contributed by atoms with van der Waals surface area (Å²) in [5, 5.41) is 22.2. The lowest BCUT2D eigenvalue weighted by molar-refractivity contribution is -0.384. The number of carbonyl (C=O) groups excluding carboxylic acids is 2. The number of hydrogen-bond donors (Lipinski definition) is 1. The quantitative estimate of drug-likeness (QED) is 0.435. The van der Waals surface area contributed by atoms with Crippen LogP contribution in [0.15, 0.2) is 36.4 Å². The molecule has 1 N–H and O–H groups in total. The molecule has 0 aliphatic rings. The molecule has 1 amide bonds. The molecule has 2 aromatic carbocycles. The molecule has 28 heavy (non-hydrogen) atoms. The number of esters is 1. The Balaban J connectivity index is 2.06. The number of non-ortho nitro benzene ring substituents is 1. The largest absolute Gasteiger partial charge is 0.493 e. The smallest absolute Gasteiger partial charge is 0.342 e. The van der Waals surface area contributed by atoms with E-state index >= 15 is 0 Å². The summed E-state index contributed by atoms with van der Waals surface area (Å²) in [5.74, 6) is -1.04. The van der Waals surface area contributed by atoms with Gasteiger partial charge in [-0.1, -0.05) is 6.07 Å². The van der Waals surface area contributed by atoms with Gasteiger partial charge in [0.25, 0.3) is 11.6 Å². The highest BCUT2D eigenvalue weighted by Gasteiger charge is 2.19. The van der Waals surface area contributed by atoms with E-state index in [0.717, 1.165) is 12.1 Å². The molecule has 0 fully saturated rings. The van der Waals surface area contributed by atoms with Crippen LogP contribution in [0.2, 0.25) is 0 Å². The van der Waals surface area contributed by atoms with Crippen LogP contribution in [-0.2, 0) is 9.53 Å². The Morgan fingerprint density at radius 2 is 1.96 bits per heavy atom. The van der Waals surface area contributed by atoms with Crippen LogP contribution < -0.4 is 14.8 Å². The van der Waals surface area contributed by atoms with E-state index in [1.54, 1.807) is 18.2 Å². The fraction of sp³-hybridized carbons (Fsp3) is 0.167. The summed E-state index contributed by atoms with van der Waals surface area (Å²) in [4.78, 5) is 34.3.